The molecule has 0 fully saturated rings. The lowest BCUT2D eigenvalue weighted by molar-refractivity contribution is -0.117. The first kappa shape index (κ1) is 25.4. The molecule has 0 saturated heterocycles. The first-order valence-corrected chi connectivity index (χ1v) is 12.8. The van der Waals surface area contributed by atoms with E-state index in [1.165, 1.54) is 10.4 Å². The fraction of sp³-hybridized carbons (Fsp3) is 0.375. The smallest absolute Gasteiger partial charge is 0.275 e. The van der Waals surface area contributed by atoms with Crippen molar-refractivity contribution in [2.24, 2.45) is 0 Å². The van der Waals surface area contributed by atoms with Crippen LogP contribution in [0.15, 0.2) is 58.4 Å². The molecule has 0 unspecified atom stereocenters. The van der Waals surface area contributed by atoms with Crippen LogP contribution in [0.3, 0.4) is 0 Å². The van der Waals surface area contributed by atoms with Crippen LogP contribution in [0.1, 0.15) is 27.7 Å². The van der Waals surface area contributed by atoms with Gasteiger partial charge in [-0.3, -0.25) is 9.59 Å². The maximum Gasteiger partial charge on any atom is 0.275 e. The van der Waals surface area contributed by atoms with Gasteiger partial charge in [-0.2, -0.15) is 9.40 Å². The predicted molar refractivity (Wildman–Crippen MR) is 135 cm³/mol. The molecule has 34 heavy (non-hydrogen) atoms. The summed E-state index contributed by atoms with van der Waals surface area (Å²) in [4.78, 5) is 27.8. The molecule has 1 aromatic heterocycles. The Balaban J connectivity index is 1.97. The molecule has 3 rings (SSSR count). The topological polar surface area (TPSA) is 105 Å². The van der Waals surface area contributed by atoms with Crippen molar-refractivity contribution in [3.8, 4) is 0 Å². The third kappa shape index (κ3) is 5.13. The van der Waals surface area contributed by atoms with Crippen molar-refractivity contribution in [3.63, 3.8) is 0 Å². The summed E-state index contributed by atoms with van der Waals surface area (Å²) in [6.07, 6.45) is 1.54. The minimum Gasteiger partial charge on any atom is -0.370 e. The highest BCUT2D eigenvalue weighted by molar-refractivity contribution is 7.89. The van der Waals surface area contributed by atoms with E-state index in [1.807, 2.05) is 24.8 Å². The Morgan fingerprint density at radius 1 is 1.00 bits per heavy atom. The largest absolute Gasteiger partial charge is 0.370 e. The van der Waals surface area contributed by atoms with Gasteiger partial charge in [-0.25, -0.2) is 13.1 Å². The number of hydrogen-bond acceptors (Lipinski definition) is 6. The van der Waals surface area contributed by atoms with Gasteiger partial charge in [0, 0.05) is 31.6 Å². The highest BCUT2D eigenvalue weighted by Gasteiger charge is 2.24. The van der Waals surface area contributed by atoms with Gasteiger partial charge in [0.25, 0.3) is 5.56 Å². The highest BCUT2D eigenvalue weighted by atomic mass is 32.2. The van der Waals surface area contributed by atoms with Gasteiger partial charge in [-0.15, -0.1) is 0 Å². The quantitative estimate of drug-likeness (QED) is 0.474. The Hall–Kier alpha value is -3.24. The standard InChI is InChI=1S/C24H31N5O4S/c1-5-27(6-2)22-14-13-19(34(32,33)28(7-3)8-4)15-21(22)26-23(30)17-29-24(31)20-12-10-9-11-18(20)16-25-29/h9-16H,5-8,17H2,1-4H3,(H,26,30). The van der Waals surface area contributed by atoms with E-state index < -0.39 is 15.9 Å². The number of amides is 1. The van der Waals surface area contributed by atoms with Gasteiger partial charge >= 0.3 is 0 Å². The minimum atomic E-state index is -3.71. The van der Waals surface area contributed by atoms with Gasteiger partial charge in [-0.05, 0) is 38.1 Å². The highest BCUT2D eigenvalue weighted by Crippen LogP contribution is 2.30. The Labute approximate surface area is 200 Å². The molecule has 0 bridgehead atoms. The van der Waals surface area contributed by atoms with Crippen molar-refractivity contribution in [1.29, 1.82) is 0 Å². The fourth-order valence-electron chi connectivity index (χ4n) is 3.89. The van der Waals surface area contributed by atoms with Gasteiger partial charge in [-0.1, -0.05) is 32.0 Å². The SMILES string of the molecule is CCN(CC)c1ccc(S(=O)(=O)N(CC)CC)cc1NC(=O)Cn1ncc2ccccc2c1=O. The number of hydrogen-bond donors (Lipinski definition) is 1. The van der Waals surface area contributed by atoms with E-state index in [0.717, 1.165) is 4.68 Å². The molecule has 0 radical (unpaired) electrons. The third-order valence-corrected chi connectivity index (χ3v) is 7.79. The van der Waals surface area contributed by atoms with Crippen molar-refractivity contribution in [3.05, 3.63) is 59.0 Å². The number of anilines is 2. The van der Waals surface area contributed by atoms with Gasteiger partial charge in [0.2, 0.25) is 15.9 Å². The molecule has 0 atom stereocenters. The first-order chi connectivity index (χ1) is 16.3. The van der Waals surface area contributed by atoms with Crippen LogP contribution in [0.5, 0.6) is 0 Å². The molecule has 0 aliphatic heterocycles. The number of sulfonamides is 1. The first-order valence-electron chi connectivity index (χ1n) is 11.4. The van der Waals surface area contributed by atoms with Gasteiger partial charge in [0.15, 0.2) is 0 Å². The van der Waals surface area contributed by atoms with Crippen LogP contribution in [0, 0.1) is 0 Å². The zero-order chi connectivity index (χ0) is 24.9. The van der Waals surface area contributed by atoms with Crippen LogP contribution in [0.4, 0.5) is 11.4 Å². The normalized spacial score (nSPS) is 11.7. The summed E-state index contributed by atoms with van der Waals surface area (Å²) in [5.74, 6) is -0.476. The molecule has 10 heteroatoms. The Morgan fingerprint density at radius 2 is 1.68 bits per heavy atom. The van der Waals surface area contributed by atoms with Gasteiger partial charge in [0.1, 0.15) is 6.54 Å². The molecule has 182 valence electrons. The van der Waals surface area contributed by atoms with Crippen molar-refractivity contribution in [2.45, 2.75) is 39.1 Å². The van der Waals surface area contributed by atoms with Crippen molar-refractivity contribution in [1.82, 2.24) is 14.1 Å². The molecule has 1 N–H and O–H groups in total. The van der Waals surface area contributed by atoms with E-state index in [-0.39, 0.29) is 17.0 Å². The monoisotopic (exact) mass is 485 g/mol. The molecular formula is C24H31N5O4S. The Bertz CT molecular complexity index is 1330. The number of benzene rings is 2. The number of rotatable bonds is 10. The average Bonchev–Trinajstić information content (AvgIpc) is 2.83. The molecule has 9 nitrogen and oxygen atoms in total. The molecule has 0 spiro atoms. The average molecular weight is 486 g/mol. The summed E-state index contributed by atoms with van der Waals surface area (Å²) in [6, 6.07) is 11.8. The molecule has 2 aromatic carbocycles. The maximum absolute atomic E-state index is 13.1. The van der Waals surface area contributed by atoms with Crippen LogP contribution >= 0.6 is 0 Å². The number of carbonyl (C=O) groups is 1. The summed E-state index contributed by atoms with van der Waals surface area (Å²) in [6.45, 7) is 9.26. The van der Waals surface area contributed by atoms with Crippen LogP contribution in [0.25, 0.3) is 10.8 Å². The van der Waals surface area contributed by atoms with E-state index in [2.05, 4.69) is 10.4 Å². The summed E-state index contributed by atoms with van der Waals surface area (Å²) >= 11 is 0. The second-order valence-corrected chi connectivity index (χ2v) is 9.62. The molecular weight excluding hydrogens is 454 g/mol. The van der Waals surface area contributed by atoms with Crippen LogP contribution < -0.4 is 15.8 Å². The molecule has 1 amide bonds. The number of nitrogens with one attached hydrogen (secondary N) is 1. The zero-order valence-corrected chi connectivity index (χ0v) is 20.8. The van der Waals surface area contributed by atoms with E-state index >= 15 is 0 Å². The van der Waals surface area contributed by atoms with E-state index in [4.69, 9.17) is 0 Å². The van der Waals surface area contributed by atoms with Crippen LogP contribution in [-0.4, -0.2) is 54.6 Å². The van der Waals surface area contributed by atoms with E-state index in [0.29, 0.717) is 48.3 Å². The van der Waals surface area contributed by atoms with E-state index in [1.54, 1.807) is 50.4 Å². The fourth-order valence-corrected chi connectivity index (χ4v) is 5.38. The Morgan fingerprint density at radius 3 is 2.32 bits per heavy atom. The lowest BCUT2D eigenvalue weighted by Gasteiger charge is -2.26. The van der Waals surface area contributed by atoms with Crippen molar-refractivity contribution < 1.29 is 13.2 Å². The second-order valence-electron chi connectivity index (χ2n) is 7.68. The third-order valence-electron chi connectivity index (χ3n) is 5.74. The second kappa shape index (κ2) is 10.8. The molecule has 1 heterocycles. The molecule has 0 aliphatic rings. The summed E-state index contributed by atoms with van der Waals surface area (Å²) < 4.78 is 28.6. The summed E-state index contributed by atoms with van der Waals surface area (Å²) in [7, 11) is -3.71. The Kier molecular flexibility index (Phi) is 8.06. The number of fused-ring (bicyclic) bond motifs is 1. The molecule has 0 saturated carbocycles. The summed E-state index contributed by atoms with van der Waals surface area (Å²) in [5.41, 5.74) is 0.710. The van der Waals surface area contributed by atoms with Crippen molar-refractivity contribution >= 4 is 38.1 Å². The van der Waals surface area contributed by atoms with Crippen molar-refractivity contribution in [2.75, 3.05) is 36.4 Å². The number of carbonyl (C=O) groups excluding carboxylic acids is 1. The van der Waals surface area contributed by atoms with E-state index in [9.17, 15) is 18.0 Å². The maximum atomic E-state index is 13.1. The predicted octanol–water partition coefficient (Wildman–Crippen LogP) is 2.91. The van der Waals surface area contributed by atoms with Crippen LogP contribution in [-0.2, 0) is 21.4 Å². The molecule has 0 aliphatic carbocycles. The van der Waals surface area contributed by atoms with Gasteiger partial charge in [0.05, 0.1) is 27.9 Å². The number of aromatic nitrogens is 2. The lowest BCUT2D eigenvalue weighted by Crippen LogP contribution is -2.32. The van der Waals surface area contributed by atoms with Gasteiger partial charge < -0.3 is 10.2 Å². The summed E-state index contributed by atoms with van der Waals surface area (Å²) in [5, 5.41) is 8.09. The van der Waals surface area contributed by atoms with Crippen LogP contribution in [0.2, 0.25) is 0 Å². The molecule has 3 aromatic rings. The number of nitrogens with zero attached hydrogens (tertiary/aromatic N) is 4. The lowest BCUT2D eigenvalue weighted by atomic mass is 10.2. The minimum absolute atomic E-state index is 0.100. The zero-order valence-electron chi connectivity index (χ0n) is 20.0.